The second-order valence-electron chi connectivity index (χ2n) is 3.06. The standard InChI is InChI=1S/C10H19NO2/c1-4-6-8-10(7-5-2)13-11-9(3)12/h5,10H,2,4,6-8H2,1,3H3,(H,11,12). The van der Waals surface area contributed by atoms with Gasteiger partial charge in [0.05, 0.1) is 6.10 Å². The lowest BCUT2D eigenvalue weighted by atomic mass is 10.1. The van der Waals surface area contributed by atoms with Gasteiger partial charge in [-0.05, 0) is 12.8 Å². The maximum atomic E-state index is 10.6. The van der Waals surface area contributed by atoms with E-state index in [1.54, 1.807) is 0 Å². The summed E-state index contributed by atoms with van der Waals surface area (Å²) >= 11 is 0. The van der Waals surface area contributed by atoms with Crippen LogP contribution in [0.2, 0.25) is 0 Å². The number of amides is 1. The summed E-state index contributed by atoms with van der Waals surface area (Å²) in [6.07, 6.45) is 5.86. The summed E-state index contributed by atoms with van der Waals surface area (Å²) in [6, 6.07) is 0. The predicted octanol–water partition coefficient (Wildman–Crippen LogP) is 2.19. The molecule has 0 aromatic rings. The van der Waals surface area contributed by atoms with Crippen LogP contribution in [0.4, 0.5) is 0 Å². The molecule has 0 aliphatic rings. The summed E-state index contributed by atoms with van der Waals surface area (Å²) < 4.78 is 0. The van der Waals surface area contributed by atoms with Crippen LogP contribution in [-0.2, 0) is 9.63 Å². The SMILES string of the molecule is C=CCC(CCCC)ONC(C)=O. The van der Waals surface area contributed by atoms with Crippen molar-refractivity contribution >= 4 is 5.91 Å². The fourth-order valence-corrected chi connectivity index (χ4v) is 1.01. The van der Waals surface area contributed by atoms with Gasteiger partial charge in [0, 0.05) is 6.92 Å². The van der Waals surface area contributed by atoms with E-state index in [2.05, 4.69) is 19.0 Å². The van der Waals surface area contributed by atoms with Gasteiger partial charge in [0.2, 0.25) is 5.91 Å². The van der Waals surface area contributed by atoms with Gasteiger partial charge in [-0.1, -0.05) is 25.8 Å². The molecule has 0 rings (SSSR count). The highest BCUT2D eigenvalue weighted by atomic mass is 16.7. The minimum absolute atomic E-state index is 0.0707. The zero-order valence-electron chi connectivity index (χ0n) is 8.51. The molecule has 0 saturated heterocycles. The minimum atomic E-state index is -0.162. The van der Waals surface area contributed by atoms with Crippen molar-refractivity contribution in [1.29, 1.82) is 0 Å². The highest BCUT2D eigenvalue weighted by Gasteiger charge is 2.07. The van der Waals surface area contributed by atoms with Gasteiger partial charge in [0.1, 0.15) is 0 Å². The number of rotatable bonds is 7. The molecule has 3 heteroatoms. The van der Waals surface area contributed by atoms with Crippen molar-refractivity contribution in [1.82, 2.24) is 5.48 Å². The third-order valence-electron chi connectivity index (χ3n) is 1.68. The Hall–Kier alpha value is -0.830. The van der Waals surface area contributed by atoms with E-state index >= 15 is 0 Å². The Morgan fingerprint density at radius 1 is 1.69 bits per heavy atom. The topological polar surface area (TPSA) is 38.3 Å². The molecule has 1 N–H and O–H groups in total. The Kier molecular flexibility index (Phi) is 7.30. The molecular weight excluding hydrogens is 166 g/mol. The van der Waals surface area contributed by atoms with E-state index in [1.807, 2.05) is 6.08 Å². The monoisotopic (exact) mass is 185 g/mol. The predicted molar refractivity (Wildman–Crippen MR) is 53.0 cm³/mol. The van der Waals surface area contributed by atoms with Crippen LogP contribution in [0.5, 0.6) is 0 Å². The number of carbonyl (C=O) groups is 1. The van der Waals surface area contributed by atoms with Gasteiger partial charge in [0.15, 0.2) is 0 Å². The Morgan fingerprint density at radius 3 is 2.85 bits per heavy atom. The van der Waals surface area contributed by atoms with Crippen LogP contribution in [0.3, 0.4) is 0 Å². The molecule has 13 heavy (non-hydrogen) atoms. The molecule has 0 aromatic heterocycles. The summed E-state index contributed by atoms with van der Waals surface area (Å²) in [4.78, 5) is 15.7. The number of hydrogen-bond donors (Lipinski definition) is 1. The molecule has 0 saturated carbocycles. The molecule has 0 aromatic carbocycles. The van der Waals surface area contributed by atoms with Gasteiger partial charge < -0.3 is 0 Å². The molecule has 0 spiro atoms. The average Bonchev–Trinajstić information content (AvgIpc) is 2.09. The summed E-state index contributed by atoms with van der Waals surface area (Å²) in [5.74, 6) is -0.162. The lowest BCUT2D eigenvalue weighted by molar-refractivity contribution is -0.136. The minimum Gasteiger partial charge on any atom is -0.273 e. The molecule has 3 nitrogen and oxygen atoms in total. The molecule has 1 atom stereocenters. The molecule has 0 radical (unpaired) electrons. The first-order valence-corrected chi connectivity index (χ1v) is 4.73. The third-order valence-corrected chi connectivity index (χ3v) is 1.68. The van der Waals surface area contributed by atoms with Crippen molar-refractivity contribution in [2.45, 2.75) is 45.6 Å². The van der Waals surface area contributed by atoms with E-state index in [9.17, 15) is 4.79 Å². The fraction of sp³-hybridized carbons (Fsp3) is 0.700. The van der Waals surface area contributed by atoms with Crippen LogP contribution >= 0.6 is 0 Å². The van der Waals surface area contributed by atoms with Gasteiger partial charge in [-0.15, -0.1) is 6.58 Å². The Bertz CT molecular complexity index is 157. The fourth-order valence-electron chi connectivity index (χ4n) is 1.01. The van der Waals surface area contributed by atoms with Crippen LogP contribution in [0.15, 0.2) is 12.7 Å². The highest BCUT2D eigenvalue weighted by Crippen LogP contribution is 2.07. The second kappa shape index (κ2) is 7.80. The van der Waals surface area contributed by atoms with E-state index in [-0.39, 0.29) is 12.0 Å². The quantitative estimate of drug-likeness (QED) is 0.487. The second-order valence-corrected chi connectivity index (χ2v) is 3.06. The number of carbonyl (C=O) groups excluding carboxylic acids is 1. The largest absolute Gasteiger partial charge is 0.273 e. The Labute approximate surface area is 80.1 Å². The Balaban J connectivity index is 3.65. The van der Waals surface area contributed by atoms with E-state index in [1.165, 1.54) is 6.92 Å². The van der Waals surface area contributed by atoms with Crippen LogP contribution < -0.4 is 5.48 Å². The number of nitrogens with one attached hydrogen (secondary N) is 1. The molecule has 0 aliphatic heterocycles. The van der Waals surface area contributed by atoms with Gasteiger partial charge in [-0.25, -0.2) is 5.48 Å². The van der Waals surface area contributed by atoms with Crippen molar-refractivity contribution in [3.05, 3.63) is 12.7 Å². The maximum absolute atomic E-state index is 10.6. The Morgan fingerprint density at radius 2 is 2.38 bits per heavy atom. The first-order valence-electron chi connectivity index (χ1n) is 4.73. The van der Waals surface area contributed by atoms with Crippen LogP contribution in [0.1, 0.15) is 39.5 Å². The number of unbranched alkanes of at least 4 members (excludes halogenated alkanes) is 1. The van der Waals surface area contributed by atoms with Crippen molar-refractivity contribution in [2.75, 3.05) is 0 Å². The number of hydrogen-bond acceptors (Lipinski definition) is 2. The summed E-state index contributed by atoms with van der Waals surface area (Å²) in [5.41, 5.74) is 2.35. The molecule has 1 amide bonds. The molecule has 0 bridgehead atoms. The van der Waals surface area contributed by atoms with Gasteiger partial charge in [-0.3, -0.25) is 9.63 Å². The molecular formula is C10H19NO2. The van der Waals surface area contributed by atoms with Gasteiger partial charge in [-0.2, -0.15) is 0 Å². The zero-order valence-corrected chi connectivity index (χ0v) is 8.51. The summed E-state index contributed by atoms with van der Waals surface area (Å²) in [5, 5.41) is 0. The molecule has 0 aliphatic carbocycles. The summed E-state index contributed by atoms with van der Waals surface area (Å²) in [6.45, 7) is 7.21. The van der Waals surface area contributed by atoms with Crippen LogP contribution in [0.25, 0.3) is 0 Å². The van der Waals surface area contributed by atoms with E-state index in [0.29, 0.717) is 0 Å². The van der Waals surface area contributed by atoms with Gasteiger partial charge >= 0.3 is 0 Å². The lowest BCUT2D eigenvalue weighted by Gasteiger charge is -2.14. The number of hydroxylamine groups is 1. The smallest absolute Gasteiger partial charge is 0.240 e. The van der Waals surface area contributed by atoms with E-state index in [4.69, 9.17) is 4.84 Å². The van der Waals surface area contributed by atoms with Crippen molar-refractivity contribution in [2.24, 2.45) is 0 Å². The maximum Gasteiger partial charge on any atom is 0.240 e. The van der Waals surface area contributed by atoms with Crippen molar-refractivity contribution < 1.29 is 9.63 Å². The molecule has 0 heterocycles. The van der Waals surface area contributed by atoms with Crippen LogP contribution in [-0.4, -0.2) is 12.0 Å². The first-order chi connectivity index (χ1) is 6.20. The van der Waals surface area contributed by atoms with Gasteiger partial charge in [0.25, 0.3) is 0 Å². The van der Waals surface area contributed by atoms with Crippen molar-refractivity contribution in [3.8, 4) is 0 Å². The van der Waals surface area contributed by atoms with Crippen molar-refractivity contribution in [3.63, 3.8) is 0 Å². The van der Waals surface area contributed by atoms with Crippen LogP contribution in [0, 0.1) is 0 Å². The molecule has 76 valence electrons. The zero-order chi connectivity index (χ0) is 10.1. The highest BCUT2D eigenvalue weighted by molar-refractivity contribution is 5.71. The summed E-state index contributed by atoms with van der Waals surface area (Å²) in [7, 11) is 0. The lowest BCUT2D eigenvalue weighted by Crippen LogP contribution is -2.27. The van der Waals surface area contributed by atoms with E-state index < -0.39 is 0 Å². The van der Waals surface area contributed by atoms with E-state index in [0.717, 1.165) is 25.7 Å². The molecule has 0 fully saturated rings. The average molecular weight is 185 g/mol. The molecule has 1 unspecified atom stereocenters. The third kappa shape index (κ3) is 7.53. The normalized spacial score (nSPS) is 12.2. The first kappa shape index (κ1) is 12.2.